The molecule has 0 amide bonds. The number of rotatable bonds is 10. The van der Waals surface area contributed by atoms with Crippen molar-refractivity contribution in [2.24, 2.45) is 0 Å². The maximum Gasteiger partial charge on any atom is 0.316 e. The Labute approximate surface area is 211 Å². The first-order valence-electron chi connectivity index (χ1n) is 11.9. The summed E-state index contributed by atoms with van der Waals surface area (Å²) in [6, 6.07) is 10.4. The van der Waals surface area contributed by atoms with Crippen molar-refractivity contribution in [3.05, 3.63) is 46.3 Å². The first-order chi connectivity index (χ1) is 16.7. The number of thioether (sulfide) groups is 2. The third kappa shape index (κ3) is 5.11. The Morgan fingerprint density at radius 2 is 1.94 bits per heavy atom. The third-order valence-corrected chi connectivity index (χ3v) is 9.04. The van der Waals surface area contributed by atoms with E-state index in [9.17, 15) is 4.79 Å². The highest BCUT2D eigenvalue weighted by Gasteiger charge is 2.24. The van der Waals surface area contributed by atoms with Gasteiger partial charge in [-0.05, 0) is 43.2 Å². The molecule has 1 aliphatic rings. The highest BCUT2D eigenvalue weighted by Crippen LogP contribution is 2.40. The topological polar surface area (TPSA) is 69.4 Å². The number of esters is 1. The van der Waals surface area contributed by atoms with Crippen LogP contribution in [-0.2, 0) is 28.1 Å². The van der Waals surface area contributed by atoms with Crippen LogP contribution in [0.2, 0.25) is 0 Å². The molecular formula is C25H28N4O2S3. The van der Waals surface area contributed by atoms with Crippen LogP contribution >= 0.6 is 34.9 Å². The molecule has 0 unspecified atom stereocenters. The van der Waals surface area contributed by atoms with Gasteiger partial charge in [0.2, 0.25) is 0 Å². The number of carbonyl (C=O) groups excluding carboxylic acids is 1. The van der Waals surface area contributed by atoms with Gasteiger partial charge in [-0.3, -0.25) is 4.79 Å². The first kappa shape index (κ1) is 23.6. The molecule has 0 atom stereocenters. The summed E-state index contributed by atoms with van der Waals surface area (Å²) in [6.07, 6.45) is 7.72. The van der Waals surface area contributed by atoms with E-state index in [1.165, 1.54) is 40.6 Å². The Morgan fingerprint density at radius 3 is 2.79 bits per heavy atom. The van der Waals surface area contributed by atoms with Crippen molar-refractivity contribution in [1.82, 2.24) is 19.6 Å². The molecule has 1 aliphatic carbocycles. The van der Waals surface area contributed by atoms with Crippen LogP contribution in [0.5, 0.6) is 0 Å². The van der Waals surface area contributed by atoms with Gasteiger partial charge in [-0.25, -0.2) is 9.38 Å². The van der Waals surface area contributed by atoms with Crippen molar-refractivity contribution in [2.45, 2.75) is 67.9 Å². The molecule has 0 bridgehead atoms. The van der Waals surface area contributed by atoms with Gasteiger partial charge in [0.05, 0.1) is 17.7 Å². The lowest BCUT2D eigenvalue weighted by atomic mass is 9.97. The summed E-state index contributed by atoms with van der Waals surface area (Å²) in [5, 5.41) is 11.8. The Morgan fingerprint density at radius 1 is 1.09 bits per heavy atom. The van der Waals surface area contributed by atoms with Crippen molar-refractivity contribution < 1.29 is 9.53 Å². The number of ether oxygens (including phenoxy) is 1. The number of benzene rings is 1. The zero-order chi connectivity index (χ0) is 23.3. The number of nitrogens with zero attached hydrogens (tertiary/aromatic N) is 4. The molecule has 3 heterocycles. The molecule has 0 N–H and O–H groups in total. The predicted octanol–water partition coefficient (Wildman–Crippen LogP) is 6.34. The van der Waals surface area contributed by atoms with Gasteiger partial charge in [0.1, 0.15) is 4.83 Å². The van der Waals surface area contributed by atoms with E-state index in [1.807, 2.05) is 10.5 Å². The van der Waals surface area contributed by atoms with E-state index >= 15 is 0 Å². The van der Waals surface area contributed by atoms with Gasteiger partial charge in [0.25, 0.3) is 0 Å². The zero-order valence-corrected chi connectivity index (χ0v) is 21.7. The zero-order valence-electron chi connectivity index (χ0n) is 19.3. The van der Waals surface area contributed by atoms with Crippen LogP contribution in [0.4, 0.5) is 0 Å². The number of carbonyl (C=O) groups is 1. The van der Waals surface area contributed by atoms with Crippen molar-refractivity contribution in [3.8, 4) is 0 Å². The van der Waals surface area contributed by atoms with Crippen molar-refractivity contribution in [2.75, 3.05) is 12.4 Å². The number of aryl methyl sites for hydroxylation is 2. The summed E-state index contributed by atoms with van der Waals surface area (Å²) in [6.45, 7) is 2.62. The van der Waals surface area contributed by atoms with E-state index in [-0.39, 0.29) is 11.7 Å². The maximum absolute atomic E-state index is 12.3. The molecule has 178 valence electrons. The normalized spacial score (nSPS) is 13.4. The fourth-order valence-corrected chi connectivity index (χ4v) is 7.27. The summed E-state index contributed by atoms with van der Waals surface area (Å²) in [5.74, 6) is 0.815. The molecule has 0 fully saturated rings. The summed E-state index contributed by atoms with van der Waals surface area (Å²) in [4.78, 5) is 19.9. The van der Waals surface area contributed by atoms with Gasteiger partial charge in [0, 0.05) is 10.6 Å². The minimum Gasteiger partial charge on any atom is -0.465 e. The number of aromatic nitrogens is 4. The second-order valence-electron chi connectivity index (χ2n) is 8.42. The molecule has 34 heavy (non-hydrogen) atoms. The summed E-state index contributed by atoms with van der Waals surface area (Å²) in [7, 11) is 0. The quantitative estimate of drug-likeness (QED) is 0.106. The smallest absolute Gasteiger partial charge is 0.316 e. The standard InChI is InChI=1S/C25H28N4O2S3/c1-2-3-9-14-31-20(30)16-33-25-28-27-22-21-18-12-7-8-13-19(18)34-23(21)26-24(29(22)25)32-15-17-10-5-4-6-11-17/h4-6,10-11H,2-3,7-9,12-16H2,1H3. The molecule has 0 radical (unpaired) electrons. The second-order valence-corrected chi connectivity index (χ2v) is 11.4. The Bertz CT molecular complexity index is 1290. The summed E-state index contributed by atoms with van der Waals surface area (Å²) < 4.78 is 7.43. The number of thiophene rings is 1. The minimum atomic E-state index is -0.210. The molecule has 0 saturated heterocycles. The monoisotopic (exact) mass is 512 g/mol. The molecule has 0 aliphatic heterocycles. The largest absolute Gasteiger partial charge is 0.465 e. The Balaban J connectivity index is 1.45. The number of hydrogen-bond acceptors (Lipinski definition) is 8. The van der Waals surface area contributed by atoms with Crippen molar-refractivity contribution >= 4 is 56.7 Å². The van der Waals surface area contributed by atoms with Crippen LogP contribution in [0, 0.1) is 0 Å². The van der Waals surface area contributed by atoms with Gasteiger partial charge in [-0.2, -0.15) is 0 Å². The van der Waals surface area contributed by atoms with Crippen molar-refractivity contribution in [1.29, 1.82) is 0 Å². The molecular weight excluding hydrogens is 485 g/mol. The van der Waals surface area contributed by atoms with Crippen LogP contribution < -0.4 is 0 Å². The fraction of sp³-hybridized carbons (Fsp3) is 0.440. The first-order valence-corrected chi connectivity index (χ1v) is 14.7. The lowest BCUT2D eigenvalue weighted by molar-refractivity contribution is -0.140. The van der Waals surface area contributed by atoms with E-state index in [1.54, 1.807) is 23.1 Å². The number of fused-ring (bicyclic) bond motifs is 5. The molecule has 9 heteroatoms. The Kier molecular flexibility index (Phi) is 7.71. The lowest BCUT2D eigenvalue weighted by Crippen LogP contribution is -2.09. The maximum atomic E-state index is 12.3. The van der Waals surface area contributed by atoms with Crippen LogP contribution in [0.3, 0.4) is 0 Å². The third-order valence-electron chi connectivity index (χ3n) is 5.94. The molecule has 3 aromatic heterocycles. The highest BCUT2D eigenvalue weighted by molar-refractivity contribution is 8.00. The molecule has 0 saturated carbocycles. The van der Waals surface area contributed by atoms with E-state index in [0.717, 1.165) is 58.9 Å². The molecule has 5 rings (SSSR count). The fourth-order valence-electron chi connectivity index (χ4n) is 4.22. The van der Waals surface area contributed by atoms with E-state index in [4.69, 9.17) is 9.72 Å². The van der Waals surface area contributed by atoms with Gasteiger partial charge in [0.15, 0.2) is 16.0 Å². The second kappa shape index (κ2) is 11.1. The van der Waals surface area contributed by atoms with E-state index < -0.39 is 0 Å². The number of unbranched alkanes of at least 4 members (excludes halogenated alkanes) is 2. The number of hydrogen-bond donors (Lipinski definition) is 0. The minimum absolute atomic E-state index is 0.210. The van der Waals surface area contributed by atoms with Gasteiger partial charge >= 0.3 is 5.97 Å². The van der Waals surface area contributed by atoms with Gasteiger partial charge < -0.3 is 4.74 Å². The van der Waals surface area contributed by atoms with E-state index in [0.29, 0.717) is 11.8 Å². The van der Waals surface area contributed by atoms with Crippen LogP contribution in [-0.4, -0.2) is 37.9 Å². The van der Waals surface area contributed by atoms with Crippen molar-refractivity contribution in [3.63, 3.8) is 0 Å². The average molecular weight is 513 g/mol. The summed E-state index contributed by atoms with van der Waals surface area (Å²) >= 11 is 4.87. The molecule has 4 aromatic rings. The SMILES string of the molecule is CCCCCOC(=O)CSc1nnc2c3c4c(sc3nc(SCc3ccccc3)n12)CCCC4. The molecule has 0 spiro atoms. The van der Waals surface area contributed by atoms with Gasteiger partial charge in [-0.15, -0.1) is 21.5 Å². The average Bonchev–Trinajstić information content (AvgIpc) is 3.45. The highest BCUT2D eigenvalue weighted by atomic mass is 32.2. The molecule has 6 nitrogen and oxygen atoms in total. The van der Waals surface area contributed by atoms with Crippen LogP contribution in [0.25, 0.3) is 15.9 Å². The Hall–Kier alpha value is -2.10. The van der Waals surface area contributed by atoms with Crippen LogP contribution in [0.15, 0.2) is 40.6 Å². The van der Waals surface area contributed by atoms with E-state index in [2.05, 4.69) is 41.4 Å². The predicted molar refractivity (Wildman–Crippen MR) is 140 cm³/mol. The molecule has 1 aromatic carbocycles. The van der Waals surface area contributed by atoms with Crippen LogP contribution in [0.1, 0.15) is 55.0 Å². The van der Waals surface area contributed by atoms with Gasteiger partial charge in [-0.1, -0.05) is 73.6 Å². The summed E-state index contributed by atoms with van der Waals surface area (Å²) in [5.41, 5.74) is 3.49. The lowest BCUT2D eigenvalue weighted by Gasteiger charge is -2.11.